The Bertz CT molecular complexity index is 1770. The third-order valence-corrected chi connectivity index (χ3v) is 9.16. The summed E-state index contributed by atoms with van der Waals surface area (Å²) in [5.74, 6) is -1.48. The van der Waals surface area contributed by atoms with Gasteiger partial charge in [0.2, 0.25) is 0 Å². The van der Waals surface area contributed by atoms with E-state index in [9.17, 15) is 14.4 Å². The maximum atomic E-state index is 16.9. The van der Waals surface area contributed by atoms with Gasteiger partial charge in [0.25, 0.3) is 11.8 Å². The molecule has 2 aromatic rings. The molecule has 1 aromatic carbocycles. The quantitative estimate of drug-likeness (QED) is 0.139. The number of benzene rings is 1. The number of allylic oxidation sites excluding steroid dienone is 1. The van der Waals surface area contributed by atoms with Gasteiger partial charge in [0.05, 0.1) is 76.1 Å². The van der Waals surface area contributed by atoms with E-state index in [1.54, 1.807) is 22.8 Å². The van der Waals surface area contributed by atoms with Gasteiger partial charge in [0.15, 0.2) is 11.4 Å². The molecule has 2 amide bonds. The van der Waals surface area contributed by atoms with Crippen LogP contribution < -0.4 is 15.5 Å². The van der Waals surface area contributed by atoms with Crippen LogP contribution in [0.15, 0.2) is 35.0 Å². The third-order valence-electron chi connectivity index (χ3n) is 9.16. The molecular weight excluding hydrogens is 672 g/mol. The number of anilines is 1. The highest BCUT2D eigenvalue weighted by Gasteiger charge is 2.55. The Labute approximate surface area is 305 Å². The molecule has 1 aromatic heterocycles. The molecule has 0 fully saturated rings. The molecule has 0 spiro atoms. The second-order valence-electron chi connectivity index (χ2n) is 12.9. The van der Waals surface area contributed by atoms with Crippen molar-refractivity contribution in [3.63, 3.8) is 0 Å². The Balaban J connectivity index is 1.47. The standard InChI is InChI=1S/C37H51BFN5O8/c1-9-40-36(47)31-24(3)34-33(28-10-11-29(42(7)8)23(2)22-28)35-25(4)32(27(6)44(35)38(39)43(34)26(31)5)37(48)41-13-15-50-17-19-52-21-20-51-18-16-49-14-12-30(45)46/h10-11,22H,9,12-21H2,1-8H3,(H2-,40,41,45,46,47,48)/p+1. The number of nitrogens with one attached hydrogen (secondary N) is 2. The second-order valence-corrected chi connectivity index (χ2v) is 12.9. The summed E-state index contributed by atoms with van der Waals surface area (Å²) in [6.07, 6.45) is -0.0371. The van der Waals surface area contributed by atoms with Crippen molar-refractivity contribution < 1.29 is 47.2 Å². The number of aryl methyl sites for hydroxylation is 1. The fraction of sp³-hybridized carbons (Fsp3) is 0.514. The number of aromatic nitrogens is 1. The Morgan fingerprint density at radius 2 is 1.48 bits per heavy atom. The lowest BCUT2D eigenvalue weighted by Crippen LogP contribution is -2.41. The van der Waals surface area contributed by atoms with E-state index in [0.29, 0.717) is 91.3 Å². The molecular formula is C37H52BFN5O8+. The van der Waals surface area contributed by atoms with Crippen molar-refractivity contribution in [2.24, 2.45) is 0 Å². The molecule has 2 aliphatic heterocycles. The van der Waals surface area contributed by atoms with Gasteiger partial charge in [0, 0.05) is 51.1 Å². The van der Waals surface area contributed by atoms with Crippen LogP contribution in [0.4, 0.5) is 10.0 Å². The van der Waals surface area contributed by atoms with Crippen molar-refractivity contribution in [2.75, 3.05) is 84.9 Å². The van der Waals surface area contributed by atoms with Crippen LogP contribution in [-0.4, -0.2) is 125 Å². The first-order chi connectivity index (χ1) is 24.8. The lowest BCUT2D eigenvalue weighted by Gasteiger charge is -2.23. The van der Waals surface area contributed by atoms with E-state index in [4.69, 9.17) is 24.1 Å². The average Bonchev–Trinajstić information content (AvgIpc) is 3.51. The summed E-state index contributed by atoms with van der Waals surface area (Å²) in [4.78, 5) is 39.4. The van der Waals surface area contributed by atoms with E-state index >= 15 is 4.32 Å². The minimum atomic E-state index is -1.68. The number of hydrogen-bond acceptors (Lipinski definition) is 8. The van der Waals surface area contributed by atoms with E-state index in [1.165, 1.54) is 0 Å². The zero-order valence-electron chi connectivity index (χ0n) is 31.6. The lowest BCUT2D eigenvalue weighted by atomic mass is 9.86. The predicted octanol–water partition coefficient (Wildman–Crippen LogP) is 3.27. The van der Waals surface area contributed by atoms with Crippen LogP contribution in [0.2, 0.25) is 0 Å². The fourth-order valence-electron chi connectivity index (χ4n) is 6.84. The zero-order chi connectivity index (χ0) is 38.1. The van der Waals surface area contributed by atoms with Crippen LogP contribution in [-0.2, 0) is 28.5 Å². The van der Waals surface area contributed by atoms with Crippen LogP contribution >= 0.6 is 0 Å². The summed E-state index contributed by atoms with van der Waals surface area (Å²) in [6.45, 7) is 14.3. The molecule has 15 heteroatoms. The van der Waals surface area contributed by atoms with Gasteiger partial charge in [-0.25, -0.2) is 8.80 Å². The molecule has 4 rings (SSSR count). The monoisotopic (exact) mass is 724 g/mol. The maximum absolute atomic E-state index is 16.9. The Hall–Kier alpha value is -4.31. The van der Waals surface area contributed by atoms with E-state index in [2.05, 4.69) is 16.7 Å². The Morgan fingerprint density at radius 1 is 0.885 bits per heavy atom. The van der Waals surface area contributed by atoms with E-state index < -0.39 is 13.2 Å². The van der Waals surface area contributed by atoms with E-state index in [-0.39, 0.29) is 38.0 Å². The number of carboxylic acids is 1. The van der Waals surface area contributed by atoms with Gasteiger partial charge >= 0.3 is 13.2 Å². The van der Waals surface area contributed by atoms with Crippen LogP contribution in [0.5, 0.6) is 0 Å². The smallest absolute Gasteiger partial charge is 0.481 e. The molecule has 0 saturated heterocycles. The number of carboxylic acid groups (broad SMARTS) is 1. The molecule has 3 N–H and O–H groups in total. The summed E-state index contributed by atoms with van der Waals surface area (Å²) in [7, 11) is 2.29. The van der Waals surface area contributed by atoms with Crippen LogP contribution in [0.1, 0.15) is 65.6 Å². The van der Waals surface area contributed by atoms with Gasteiger partial charge in [-0.1, -0.05) is 6.07 Å². The van der Waals surface area contributed by atoms with E-state index in [1.807, 2.05) is 58.8 Å². The van der Waals surface area contributed by atoms with Crippen LogP contribution in [0, 0.1) is 20.8 Å². The van der Waals surface area contributed by atoms with E-state index in [0.717, 1.165) is 22.4 Å². The summed E-state index contributed by atoms with van der Waals surface area (Å²) in [6, 6.07) is 6.12. The highest BCUT2D eigenvalue weighted by molar-refractivity contribution is 6.45. The van der Waals surface area contributed by atoms with Gasteiger partial charge in [-0.05, 0) is 63.4 Å². The first-order valence-electron chi connectivity index (χ1n) is 17.6. The van der Waals surface area contributed by atoms with Gasteiger partial charge in [-0.15, -0.1) is 0 Å². The van der Waals surface area contributed by atoms with Gasteiger partial charge < -0.3 is 39.6 Å². The summed E-state index contributed by atoms with van der Waals surface area (Å²) >= 11 is 0. The first-order valence-corrected chi connectivity index (χ1v) is 17.6. The Morgan fingerprint density at radius 3 is 2.04 bits per heavy atom. The molecule has 13 nitrogen and oxygen atoms in total. The fourth-order valence-corrected chi connectivity index (χ4v) is 6.84. The number of amides is 2. The number of hydrogen-bond donors (Lipinski definition) is 3. The summed E-state index contributed by atoms with van der Waals surface area (Å²) in [5.41, 5.74) is 8.10. The molecule has 0 atom stereocenters. The molecule has 0 unspecified atom stereocenters. The van der Waals surface area contributed by atoms with Crippen molar-refractivity contribution >= 4 is 42.0 Å². The number of carbonyl (C=O) groups is 3. The molecule has 0 radical (unpaired) electrons. The Kier molecular flexibility index (Phi) is 14.4. The number of rotatable bonds is 20. The molecule has 282 valence electrons. The number of fused-ring (bicyclic) bond motifs is 2. The lowest BCUT2D eigenvalue weighted by molar-refractivity contribution is -0.337. The van der Waals surface area contributed by atoms with Crippen molar-refractivity contribution in [1.82, 2.24) is 15.1 Å². The average molecular weight is 725 g/mol. The number of ether oxygens (including phenoxy) is 4. The number of carbonyl (C=O) groups excluding carboxylic acids is 2. The molecule has 0 saturated carbocycles. The minimum Gasteiger partial charge on any atom is -0.481 e. The first kappa shape index (κ1) is 40.5. The predicted molar refractivity (Wildman–Crippen MR) is 198 cm³/mol. The van der Waals surface area contributed by atoms with Crippen molar-refractivity contribution in [2.45, 2.75) is 48.0 Å². The highest BCUT2D eigenvalue weighted by atomic mass is 19.1. The SMILES string of the molecule is CCNC(=O)c1c(C)c2n(c1C)B(F)[N+]1=C(C)C(C(=O)NCCOCCOCCOCCOCCC(=O)O)=C(C)C1=C2c1ccc(N(C)C)c(C)c1. The number of nitrogens with zero attached hydrogens (tertiary/aromatic N) is 3. The van der Waals surface area contributed by atoms with Crippen LogP contribution in [0.3, 0.4) is 0 Å². The topological polar surface area (TPSA) is 144 Å². The maximum Gasteiger partial charge on any atom is 0.846 e. The molecule has 3 heterocycles. The summed E-state index contributed by atoms with van der Waals surface area (Å²) in [5, 5.41) is 14.4. The van der Waals surface area contributed by atoms with Gasteiger partial charge in [-0.2, -0.15) is 0 Å². The van der Waals surface area contributed by atoms with Crippen molar-refractivity contribution in [3.05, 3.63) is 68.7 Å². The minimum absolute atomic E-state index is 0.0371. The molecule has 0 bridgehead atoms. The number of aliphatic carboxylic acids is 1. The summed E-state index contributed by atoms with van der Waals surface area (Å²) < 4.78 is 41.7. The normalized spacial score (nSPS) is 13.9. The van der Waals surface area contributed by atoms with Crippen molar-refractivity contribution in [3.8, 4) is 0 Å². The number of halogens is 1. The molecule has 52 heavy (non-hydrogen) atoms. The van der Waals surface area contributed by atoms with Crippen molar-refractivity contribution in [1.29, 1.82) is 0 Å². The largest absolute Gasteiger partial charge is 0.846 e. The molecule has 2 aliphatic rings. The zero-order valence-corrected chi connectivity index (χ0v) is 31.6. The van der Waals surface area contributed by atoms with Gasteiger partial charge in [0.1, 0.15) is 5.57 Å². The molecule has 0 aliphatic carbocycles. The van der Waals surface area contributed by atoms with Gasteiger partial charge in [-0.3, -0.25) is 18.9 Å². The third kappa shape index (κ3) is 8.83. The second kappa shape index (κ2) is 18.5. The highest BCUT2D eigenvalue weighted by Crippen LogP contribution is 2.44. The van der Waals surface area contributed by atoms with Crippen LogP contribution in [0.25, 0.3) is 5.57 Å².